The lowest BCUT2D eigenvalue weighted by Gasteiger charge is -2.06. The first kappa shape index (κ1) is 11.4. The molecule has 6 nitrogen and oxygen atoms in total. The summed E-state index contributed by atoms with van der Waals surface area (Å²) in [4.78, 5) is 7.97. The molecule has 0 unspecified atom stereocenters. The molecular formula is C10H9ClN6. The standard InChI is InChI=1S/C10H9ClN6/c1-6-3-8(16-10(11)14-6)15-9-7(4-12)5-13-17(9)2/h3,5H,1-2H3,(H,14,15,16). The molecule has 0 amide bonds. The van der Waals surface area contributed by atoms with E-state index in [0.717, 1.165) is 5.69 Å². The van der Waals surface area contributed by atoms with E-state index in [0.29, 0.717) is 17.2 Å². The second kappa shape index (κ2) is 4.39. The summed E-state index contributed by atoms with van der Waals surface area (Å²) in [6.45, 7) is 1.81. The van der Waals surface area contributed by atoms with Crippen molar-refractivity contribution in [3.05, 3.63) is 28.8 Å². The molecule has 2 rings (SSSR count). The molecule has 0 spiro atoms. The number of aryl methyl sites for hydroxylation is 2. The molecule has 0 bridgehead atoms. The third kappa shape index (κ3) is 2.34. The Hall–Kier alpha value is -2.13. The summed E-state index contributed by atoms with van der Waals surface area (Å²) in [5, 5.41) is 16.1. The first-order valence-electron chi connectivity index (χ1n) is 4.80. The molecule has 17 heavy (non-hydrogen) atoms. The quantitative estimate of drug-likeness (QED) is 0.820. The minimum atomic E-state index is 0.160. The van der Waals surface area contributed by atoms with Crippen molar-refractivity contribution in [2.45, 2.75) is 6.92 Å². The predicted molar refractivity (Wildman–Crippen MR) is 63.0 cm³/mol. The Balaban J connectivity index is 2.38. The summed E-state index contributed by atoms with van der Waals surface area (Å²) in [5.41, 5.74) is 1.19. The highest BCUT2D eigenvalue weighted by molar-refractivity contribution is 6.28. The minimum Gasteiger partial charge on any atom is -0.324 e. The van der Waals surface area contributed by atoms with Crippen LogP contribution in [0.2, 0.25) is 5.28 Å². The van der Waals surface area contributed by atoms with E-state index < -0.39 is 0 Å². The highest BCUT2D eigenvalue weighted by Crippen LogP contribution is 2.19. The van der Waals surface area contributed by atoms with E-state index in [1.54, 1.807) is 17.8 Å². The Morgan fingerprint density at radius 1 is 1.47 bits per heavy atom. The monoisotopic (exact) mass is 248 g/mol. The number of hydrogen-bond donors (Lipinski definition) is 1. The van der Waals surface area contributed by atoms with Crippen LogP contribution >= 0.6 is 11.6 Å². The van der Waals surface area contributed by atoms with Crippen molar-refractivity contribution in [1.29, 1.82) is 5.26 Å². The average Bonchev–Trinajstić information content (AvgIpc) is 2.59. The van der Waals surface area contributed by atoms with Crippen molar-refractivity contribution >= 4 is 23.2 Å². The molecular weight excluding hydrogens is 240 g/mol. The smallest absolute Gasteiger partial charge is 0.224 e. The van der Waals surface area contributed by atoms with Gasteiger partial charge in [-0.3, -0.25) is 4.68 Å². The number of hydrogen-bond acceptors (Lipinski definition) is 5. The summed E-state index contributed by atoms with van der Waals surface area (Å²) < 4.78 is 1.56. The van der Waals surface area contributed by atoms with E-state index in [2.05, 4.69) is 20.4 Å². The molecule has 0 fully saturated rings. The van der Waals surface area contributed by atoms with Crippen LogP contribution in [0.3, 0.4) is 0 Å². The van der Waals surface area contributed by atoms with E-state index in [1.165, 1.54) is 6.20 Å². The van der Waals surface area contributed by atoms with E-state index in [9.17, 15) is 0 Å². The van der Waals surface area contributed by atoms with Gasteiger partial charge in [-0.1, -0.05) is 0 Å². The van der Waals surface area contributed by atoms with Gasteiger partial charge in [-0.2, -0.15) is 10.4 Å². The van der Waals surface area contributed by atoms with Gasteiger partial charge in [-0.25, -0.2) is 9.97 Å². The topological polar surface area (TPSA) is 79.4 Å². The first-order chi connectivity index (χ1) is 8.10. The zero-order valence-electron chi connectivity index (χ0n) is 9.27. The lowest BCUT2D eigenvalue weighted by molar-refractivity contribution is 0.776. The van der Waals surface area contributed by atoms with Gasteiger partial charge in [-0.15, -0.1) is 0 Å². The molecule has 86 valence electrons. The third-order valence-corrected chi connectivity index (χ3v) is 2.30. The second-order valence-corrected chi connectivity index (χ2v) is 3.77. The van der Waals surface area contributed by atoms with Crippen LogP contribution in [0, 0.1) is 18.3 Å². The molecule has 0 aliphatic heterocycles. The van der Waals surface area contributed by atoms with Crippen LogP contribution in [0.25, 0.3) is 0 Å². The second-order valence-electron chi connectivity index (χ2n) is 3.43. The molecule has 7 heteroatoms. The minimum absolute atomic E-state index is 0.160. The third-order valence-electron chi connectivity index (χ3n) is 2.13. The predicted octanol–water partition coefficient (Wildman–Crippen LogP) is 1.79. The largest absolute Gasteiger partial charge is 0.324 e. The van der Waals surface area contributed by atoms with Crippen molar-refractivity contribution < 1.29 is 0 Å². The molecule has 2 aromatic heterocycles. The number of halogens is 1. The fourth-order valence-electron chi connectivity index (χ4n) is 1.39. The van der Waals surface area contributed by atoms with Gasteiger partial charge in [0.15, 0.2) is 0 Å². The molecule has 0 saturated heterocycles. The summed E-state index contributed by atoms with van der Waals surface area (Å²) >= 11 is 5.75. The highest BCUT2D eigenvalue weighted by atomic mass is 35.5. The normalized spacial score (nSPS) is 10.0. The zero-order valence-corrected chi connectivity index (χ0v) is 10.0. The lowest BCUT2D eigenvalue weighted by atomic mass is 10.3. The molecule has 2 heterocycles. The van der Waals surface area contributed by atoms with Gasteiger partial charge in [0.1, 0.15) is 23.3 Å². The lowest BCUT2D eigenvalue weighted by Crippen LogP contribution is -2.03. The SMILES string of the molecule is Cc1cc(Nc2c(C#N)cnn2C)nc(Cl)n1. The van der Waals surface area contributed by atoms with Crippen molar-refractivity contribution in [3.8, 4) is 6.07 Å². The molecule has 1 N–H and O–H groups in total. The maximum absolute atomic E-state index is 8.92. The van der Waals surface area contributed by atoms with Crippen LogP contribution in [0.5, 0.6) is 0 Å². The summed E-state index contributed by atoms with van der Waals surface area (Å²) in [6.07, 6.45) is 1.48. The molecule has 0 aliphatic rings. The number of aromatic nitrogens is 4. The van der Waals surface area contributed by atoms with Crippen LogP contribution in [0.15, 0.2) is 12.3 Å². The Morgan fingerprint density at radius 2 is 2.24 bits per heavy atom. The van der Waals surface area contributed by atoms with E-state index in [-0.39, 0.29) is 5.28 Å². The van der Waals surface area contributed by atoms with Gasteiger partial charge in [0.25, 0.3) is 0 Å². The number of anilines is 2. The van der Waals surface area contributed by atoms with Crippen LogP contribution in [0.1, 0.15) is 11.3 Å². The van der Waals surface area contributed by atoms with Crippen LogP contribution in [-0.4, -0.2) is 19.7 Å². The Kier molecular flexibility index (Phi) is 2.93. The molecule has 0 saturated carbocycles. The number of nitrogens with zero attached hydrogens (tertiary/aromatic N) is 5. The van der Waals surface area contributed by atoms with E-state index in [4.69, 9.17) is 16.9 Å². The zero-order chi connectivity index (χ0) is 12.4. The van der Waals surface area contributed by atoms with Gasteiger partial charge < -0.3 is 5.32 Å². The number of nitriles is 1. The van der Waals surface area contributed by atoms with E-state index in [1.807, 2.05) is 13.0 Å². The Labute approximate surface area is 103 Å². The molecule has 0 aliphatic carbocycles. The van der Waals surface area contributed by atoms with Crippen molar-refractivity contribution in [1.82, 2.24) is 19.7 Å². The highest BCUT2D eigenvalue weighted by Gasteiger charge is 2.09. The van der Waals surface area contributed by atoms with E-state index >= 15 is 0 Å². The van der Waals surface area contributed by atoms with Gasteiger partial charge >= 0.3 is 0 Å². The van der Waals surface area contributed by atoms with Crippen molar-refractivity contribution in [2.75, 3.05) is 5.32 Å². The van der Waals surface area contributed by atoms with Gasteiger partial charge in [0.05, 0.1) is 6.20 Å². The fraction of sp³-hybridized carbons (Fsp3) is 0.200. The van der Waals surface area contributed by atoms with Gasteiger partial charge in [0.2, 0.25) is 5.28 Å². The Morgan fingerprint density at radius 3 is 2.88 bits per heavy atom. The van der Waals surface area contributed by atoms with Gasteiger partial charge in [-0.05, 0) is 18.5 Å². The number of nitrogens with one attached hydrogen (secondary N) is 1. The maximum atomic E-state index is 8.92. The fourth-order valence-corrected chi connectivity index (χ4v) is 1.61. The van der Waals surface area contributed by atoms with Crippen LogP contribution < -0.4 is 5.32 Å². The van der Waals surface area contributed by atoms with Gasteiger partial charge in [0, 0.05) is 18.8 Å². The van der Waals surface area contributed by atoms with Crippen molar-refractivity contribution in [2.24, 2.45) is 7.05 Å². The molecule has 0 aromatic carbocycles. The van der Waals surface area contributed by atoms with Crippen molar-refractivity contribution in [3.63, 3.8) is 0 Å². The summed E-state index contributed by atoms with van der Waals surface area (Å²) in [5.74, 6) is 1.10. The first-order valence-corrected chi connectivity index (χ1v) is 5.18. The number of rotatable bonds is 2. The summed E-state index contributed by atoms with van der Waals surface area (Å²) in [6, 6.07) is 3.78. The average molecular weight is 249 g/mol. The van der Waals surface area contributed by atoms with Crippen LogP contribution in [-0.2, 0) is 7.05 Å². The maximum Gasteiger partial charge on any atom is 0.224 e. The Bertz CT molecular complexity index is 577. The van der Waals surface area contributed by atoms with Crippen LogP contribution in [0.4, 0.5) is 11.6 Å². The molecule has 0 atom stereocenters. The summed E-state index contributed by atoms with van der Waals surface area (Å²) in [7, 11) is 1.73. The molecule has 2 aromatic rings. The molecule has 0 radical (unpaired) electrons.